The van der Waals surface area contributed by atoms with E-state index in [4.69, 9.17) is 0 Å². The van der Waals surface area contributed by atoms with Gasteiger partial charge < -0.3 is 5.32 Å². The molecule has 0 saturated carbocycles. The molecule has 7 heteroatoms. The Morgan fingerprint density at radius 3 is 2.55 bits per heavy atom. The van der Waals surface area contributed by atoms with Gasteiger partial charge in [0.25, 0.3) is 5.69 Å². The fourth-order valence-electron chi connectivity index (χ4n) is 1.88. The van der Waals surface area contributed by atoms with Crippen molar-refractivity contribution in [2.24, 2.45) is 0 Å². The smallest absolute Gasteiger partial charge is 0.314 e. The highest BCUT2D eigenvalue weighted by atomic mass is 19.4. The fourth-order valence-corrected chi connectivity index (χ4v) is 1.88. The van der Waals surface area contributed by atoms with Crippen molar-refractivity contribution in [2.45, 2.75) is 38.9 Å². The molecule has 1 unspecified atom stereocenters. The molecule has 0 radical (unpaired) electrons. The maximum Gasteiger partial charge on any atom is 0.416 e. The van der Waals surface area contributed by atoms with Gasteiger partial charge in [-0.15, -0.1) is 0 Å². The Hall–Kier alpha value is -1.63. The highest BCUT2D eigenvalue weighted by Crippen LogP contribution is 2.33. The Kier molecular flexibility index (Phi) is 5.50. The molecule has 0 amide bonds. The molecule has 0 heterocycles. The van der Waals surface area contributed by atoms with Crippen molar-refractivity contribution < 1.29 is 18.1 Å². The lowest BCUT2D eigenvalue weighted by molar-refractivity contribution is -0.385. The minimum Gasteiger partial charge on any atom is -0.314 e. The van der Waals surface area contributed by atoms with Gasteiger partial charge in [-0.05, 0) is 32.4 Å². The normalized spacial score (nSPS) is 13.2. The lowest BCUT2D eigenvalue weighted by atomic mass is 10.0. The molecular formula is C13H17F3N2O2. The number of benzene rings is 1. The van der Waals surface area contributed by atoms with Gasteiger partial charge in [0.2, 0.25) is 0 Å². The van der Waals surface area contributed by atoms with Crippen LogP contribution in [0, 0.1) is 10.1 Å². The second-order valence-corrected chi connectivity index (χ2v) is 4.66. The SMILES string of the molecule is CCCNC(C)Cc1ccc(C(F)(F)F)cc1[N+](=O)[O-]. The third-order valence-corrected chi connectivity index (χ3v) is 2.88. The first-order valence-electron chi connectivity index (χ1n) is 6.33. The standard InChI is InChI=1S/C13H17F3N2O2/c1-3-6-17-9(2)7-10-4-5-11(13(14,15)16)8-12(10)18(19)20/h4-5,8-9,17H,3,6-7H2,1-2H3. The topological polar surface area (TPSA) is 55.2 Å². The van der Waals surface area contributed by atoms with Crippen molar-refractivity contribution in [1.82, 2.24) is 5.32 Å². The third kappa shape index (κ3) is 4.48. The van der Waals surface area contributed by atoms with Crippen LogP contribution in [0.3, 0.4) is 0 Å². The minimum absolute atomic E-state index is 0.0367. The van der Waals surface area contributed by atoms with Gasteiger partial charge >= 0.3 is 6.18 Å². The van der Waals surface area contributed by atoms with E-state index < -0.39 is 22.4 Å². The number of nitrogens with zero attached hydrogens (tertiary/aromatic N) is 1. The lowest BCUT2D eigenvalue weighted by Gasteiger charge is -2.14. The van der Waals surface area contributed by atoms with Crippen molar-refractivity contribution in [3.8, 4) is 0 Å². The quantitative estimate of drug-likeness (QED) is 0.644. The summed E-state index contributed by atoms with van der Waals surface area (Å²) in [5, 5.41) is 14.1. The maximum atomic E-state index is 12.6. The first kappa shape index (κ1) is 16.4. The third-order valence-electron chi connectivity index (χ3n) is 2.88. The Bertz CT molecular complexity index is 475. The predicted molar refractivity (Wildman–Crippen MR) is 69.6 cm³/mol. The van der Waals surface area contributed by atoms with Gasteiger partial charge in [-0.3, -0.25) is 10.1 Å². The summed E-state index contributed by atoms with van der Waals surface area (Å²) in [5.74, 6) is 0. The molecule has 0 aromatic heterocycles. The van der Waals surface area contributed by atoms with E-state index in [-0.39, 0.29) is 6.04 Å². The van der Waals surface area contributed by atoms with E-state index in [0.29, 0.717) is 18.1 Å². The van der Waals surface area contributed by atoms with Crippen LogP contribution in [-0.4, -0.2) is 17.5 Å². The average Bonchev–Trinajstić information content (AvgIpc) is 2.35. The molecule has 0 fully saturated rings. The number of nitro groups is 1. The summed E-state index contributed by atoms with van der Waals surface area (Å²) in [6, 6.07) is 2.63. The molecule has 0 spiro atoms. The highest BCUT2D eigenvalue weighted by molar-refractivity contribution is 5.44. The summed E-state index contributed by atoms with van der Waals surface area (Å²) in [4.78, 5) is 10.1. The number of hydrogen-bond acceptors (Lipinski definition) is 3. The van der Waals surface area contributed by atoms with Crippen LogP contribution in [0.4, 0.5) is 18.9 Å². The molecule has 0 aliphatic carbocycles. The molecule has 1 aromatic carbocycles. The zero-order valence-corrected chi connectivity index (χ0v) is 11.3. The number of nitro benzene ring substituents is 1. The van der Waals surface area contributed by atoms with Crippen LogP contribution in [0.5, 0.6) is 0 Å². The predicted octanol–water partition coefficient (Wildman–Crippen LogP) is 3.54. The maximum absolute atomic E-state index is 12.6. The van der Waals surface area contributed by atoms with E-state index >= 15 is 0 Å². The first-order valence-corrected chi connectivity index (χ1v) is 6.33. The summed E-state index contributed by atoms with van der Waals surface area (Å²) in [6.45, 7) is 4.59. The zero-order valence-electron chi connectivity index (χ0n) is 11.3. The largest absolute Gasteiger partial charge is 0.416 e. The lowest BCUT2D eigenvalue weighted by Crippen LogP contribution is -2.28. The van der Waals surface area contributed by atoms with Gasteiger partial charge in [0, 0.05) is 17.7 Å². The van der Waals surface area contributed by atoms with Crippen LogP contribution in [0.15, 0.2) is 18.2 Å². The van der Waals surface area contributed by atoms with E-state index in [2.05, 4.69) is 5.32 Å². The molecule has 1 N–H and O–H groups in total. The van der Waals surface area contributed by atoms with E-state index in [1.165, 1.54) is 6.07 Å². The molecular weight excluding hydrogens is 273 g/mol. The Morgan fingerprint density at radius 2 is 2.05 bits per heavy atom. The monoisotopic (exact) mass is 290 g/mol. The number of nitrogens with one attached hydrogen (secondary N) is 1. The summed E-state index contributed by atoms with van der Waals surface area (Å²) in [6.07, 6.45) is -3.34. The highest BCUT2D eigenvalue weighted by Gasteiger charge is 2.33. The van der Waals surface area contributed by atoms with Crippen molar-refractivity contribution in [2.75, 3.05) is 6.54 Å². The van der Waals surface area contributed by atoms with Gasteiger partial charge in [-0.2, -0.15) is 13.2 Å². The summed E-state index contributed by atoms with van der Waals surface area (Å²) in [7, 11) is 0. The summed E-state index contributed by atoms with van der Waals surface area (Å²) in [5.41, 5.74) is -1.17. The molecule has 20 heavy (non-hydrogen) atoms. The van der Waals surface area contributed by atoms with Crippen molar-refractivity contribution >= 4 is 5.69 Å². The molecule has 4 nitrogen and oxygen atoms in total. The van der Waals surface area contributed by atoms with Crippen molar-refractivity contribution in [3.63, 3.8) is 0 Å². The van der Waals surface area contributed by atoms with Crippen LogP contribution in [0.1, 0.15) is 31.4 Å². The number of alkyl halides is 3. The summed E-state index contributed by atoms with van der Waals surface area (Å²) >= 11 is 0. The molecule has 0 bridgehead atoms. The van der Waals surface area contributed by atoms with Gasteiger partial charge in [0.1, 0.15) is 0 Å². The van der Waals surface area contributed by atoms with Crippen LogP contribution >= 0.6 is 0 Å². The van der Waals surface area contributed by atoms with Crippen LogP contribution in [0.2, 0.25) is 0 Å². The molecule has 0 aliphatic heterocycles. The van der Waals surface area contributed by atoms with Crippen LogP contribution < -0.4 is 5.32 Å². The zero-order chi connectivity index (χ0) is 15.3. The number of halogens is 3. The number of rotatable bonds is 6. The van der Waals surface area contributed by atoms with Crippen LogP contribution in [-0.2, 0) is 12.6 Å². The molecule has 0 aliphatic rings. The second-order valence-electron chi connectivity index (χ2n) is 4.66. The second kappa shape index (κ2) is 6.69. The molecule has 1 aromatic rings. The van der Waals surface area contributed by atoms with E-state index in [1.54, 1.807) is 0 Å². The van der Waals surface area contributed by atoms with Gasteiger partial charge in [0.05, 0.1) is 10.5 Å². The molecule has 1 atom stereocenters. The molecule has 112 valence electrons. The Morgan fingerprint density at radius 1 is 1.40 bits per heavy atom. The Labute approximate surface area is 115 Å². The average molecular weight is 290 g/mol. The van der Waals surface area contributed by atoms with Crippen molar-refractivity contribution in [3.05, 3.63) is 39.4 Å². The van der Waals surface area contributed by atoms with E-state index in [0.717, 1.165) is 19.0 Å². The van der Waals surface area contributed by atoms with E-state index in [1.807, 2.05) is 13.8 Å². The fraction of sp³-hybridized carbons (Fsp3) is 0.538. The Balaban J connectivity index is 2.99. The van der Waals surface area contributed by atoms with Gasteiger partial charge in [-0.1, -0.05) is 13.0 Å². The van der Waals surface area contributed by atoms with E-state index in [9.17, 15) is 23.3 Å². The first-order chi connectivity index (χ1) is 9.25. The van der Waals surface area contributed by atoms with Crippen molar-refractivity contribution in [1.29, 1.82) is 0 Å². The molecule has 1 rings (SSSR count). The summed E-state index contributed by atoms with van der Waals surface area (Å²) < 4.78 is 37.7. The van der Waals surface area contributed by atoms with Gasteiger partial charge in [0.15, 0.2) is 0 Å². The van der Waals surface area contributed by atoms with Gasteiger partial charge in [-0.25, -0.2) is 0 Å². The van der Waals surface area contributed by atoms with Crippen LogP contribution in [0.25, 0.3) is 0 Å². The molecule has 0 saturated heterocycles. The minimum atomic E-state index is -4.57. The number of hydrogen-bond donors (Lipinski definition) is 1.